The van der Waals surface area contributed by atoms with Crippen LogP contribution in [-0.2, 0) is 9.59 Å². The summed E-state index contributed by atoms with van der Waals surface area (Å²) in [7, 11) is 0. The monoisotopic (exact) mass is 254 g/mol. The van der Waals surface area contributed by atoms with Gasteiger partial charge in [-0.1, -0.05) is 27.2 Å². The van der Waals surface area contributed by atoms with Gasteiger partial charge in [-0.25, -0.2) is 0 Å². The molecule has 0 aliphatic carbocycles. The Morgan fingerprint density at radius 3 is 2.50 bits per heavy atom. The first kappa shape index (κ1) is 15.2. The Hall–Kier alpha value is -0.900. The highest BCUT2D eigenvalue weighted by Crippen LogP contribution is 2.31. The van der Waals surface area contributed by atoms with Gasteiger partial charge in [0.05, 0.1) is 5.41 Å². The summed E-state index contributed by atoms with van der Waals surface area (Å²) in [5.41, 5.74) is -0.492. The number of unbranched alkanes of at least 4 members (excludes halogenated alkanes) is 1. The van der Waals surface area contributed by atoms with Gasteiger partial charge in [0.2, 0.25) is 11.8 Å². The summed E-state index contributed by atoms with van der Waals surface area (Å²) in [4.78, 5) is 25.1. The molecule has 0 radical (unpaired) electrons. The summed E-state index contributed by atoms with van der Waals surface area (Å²) in [6, 6.07) is 0.511. The van der Waals surface area contributed by atoms with Crippen LogP contribution in [-0.4, -0.2) is 35.8 Å². The fourth-order valence-corrected chi connectivity index (χ4v) is 2.42. The van der Waals surface area contributed by atoms with Crippen molar-refractivity contribution in [3.05, 3.63) is 0 Å². The lowest BCUT2D eigenvalue weighted by molar-refractivity contribution is -0.140. The van der Waals surface area contributed by atoms with Crippen LogP contribution in [0.15, 0.2) is 0 Å². The molecule has 0 bridgehead atoms. The minimum Gasteiger partial charge on any atom is -0.315 e. The molecule has 1 atom stereocenters. The third-order valence-corrected chi connectivity index (χ3v) is 3.54. The number of carbonyl (C=O) groups is 2. The quantitative estimate of drug-likeness (QED) is 0.558. The molecule has 4 nitrogen and oxygen atoms in total. The third kappa shape index (κ3) is 3.80. The molecule has 2 amide bonds. The maximum Gasteiger partial charge on any atom is 0.235 e. The van der Waals surface area contributed by atoms with E-state index in [-0.39, 0.29) is 11.8 Å². The minimum absolute atomic E-state index is 0.00719. The number of hydrogen-bond acceptors (Lipinski definition) is 3. The van der Waals surface area contributed by atoms with E-state index in [9.17, 15) is 9.59 Å². The molecule has 104 valence electrons. The zero-order valence-electron chi connectivity index (χ0n) is 12.1. The van der Waals surface area contributed by atoms with Gasteiger partial charge in [-0.3, -0.25) is 14.5 Å². The van der Waals surface area contributed by atoms with Crippen molar-refractivity contribution in [1.29, 1.82) is 0 Å². The number of hydrogen-bond donors (Lipinski definition) is 1. The van der Waals surface area contributed by atoms with Crippen LogP contribution in [0.4, 0.5) is 0 Å². The van der Waals surface area contributed by atoms with E-state index in [1.54, 1.807) is 0 Å². The molecule has 1 saturated heterocycles. The van der Waals surface area contributed by atoms with E-state index in [0.29, 0.717) is 19.0 Å². The molecule has 0 aromatic rings. The molecule has 18 heavy (non-hydrogen) atoms. The van der Waals surface area contributed by atoms with Gasteiger partial charge in [-0.05, 0) is 26.3 Å². The second-order valence-corrected chi connectivity index (χ2v) is 5.87. The van der Waals surface area contributed by atoms with E-state index in [1.807, 2.05) is 13.8 Å². The molecule has 1 rings (SSSR count). The van der Waals surface area contributed by atoms with Crippen LogP contribution >= 0.6 is 0 Å². The van der Waals surface area contributed by atoms with Gasteiger partial charge in [0.15, 0.2) is 0 Å². The Bertz CT molecular complexity index is 313. The van der Waals surface area contributed by atoms with Crippen LogP contribution < -0.4 is 5.32 Å². The highest BCUT2D eigenvalue weighted by molar-refractivity contribution is 6.05. The van der Waals surface area contributed by atoms with Crippen molar-refractivity contribution in [2.75, 3.05) is 13.1 Å². The topological polar surface area (TPSA) is 49.4 Å². The van der Waals surface area contributed by atoms with Gasteiger partial charge in [-0.15, -0.1) is 0 Å². The second-order valence-electron chi connectivity index (χ2n) is 5.87. The molecule has 0 saturated carbocycles. The number of carbonyl (C=O) groups excluding carboxylic acids is 2. The van der Waals surface area contributed by atoms with Crippen molar-refractivity contribution in [2.45, 2.75) is 59.4 Å². The van der Waals surface area contributed by atoms with Crippen LogP contribution in [0.1, 0.15) is 53.4 Å². The SMILES string of the molecule is CCNC(C)CCCCN1C(=O)CC(C)(C)C1=O. The van der Waals surface area contributed by atoms with Crippen molar-refractivity contribution in [3.8, 4) is 0 Å². The maximum atomic E-state index is 12.0. The lowest BCUT2D eigenvalue weighted by Crippen LogP contribution is -2.34. The number of imide groups is 1. The van der Waals surface area contributed by atoms with Crippen LogP contribution in [0.3, 0.4) is 0 Å². The maximum absolute atomic E-state index is 12.0. The number of nitrogens with one attached hydrogen (secondary N) is 1. The van der Waals surface area contributed by atoms with Crippen molar-refractivity contribution in [2.24, 2.45) is 5.41 Å². The molecule has 1 aliphatic heterocycles. The minimum atomic E-state index is -0.492. The summed E-state index contributed by atoms with van der Waals surface area (Å²) in [5, 5.41) is 3.36. The van der Waals surface area contributed by atoms with E-state index in [0.717, 1.165) is 25.8 Å². The molecule has 4 heteroatoms. The number of rotatable bonds is 7. The molecular weight excluding hydrogens is 228 g/mol. The van der Waals surface area contributed by atoms with Gasteiger partial charge >= 0.3 is 0 Å². The first-order chi connectivity index (χ1) is 8.38. The standard InChI is InChI=1S/C14H26N2O2/c1-5-15-11(2)8-6-7-9-16-12(17)10-14(3,4)13(16)18/h11,15H,5-10H2,1-4H3. The Labute approximate surface area is 110 Å². The average molecular weight is 254 g/mol. The Morgan fingerprint density at radius 1 is 1.33 bits per heavy atom. The molecule has 1 aliphatic rings. The predicted octanol–water partition coefficient (Wildman–Crippen LogP) is 1.94. The first-order valence-electron chi connectivity index (χ1n) is 6.96. The van der Waals surface area contributed by atoms with Gasteiger partial charge in [0.25, 0.3) is 0 Å². The fraction of sp³-hybridized carbons (Fsp3) is 0.857. The van der Waals surface area contributed by atoms with Crippen LogP contribution in [0.2, 0.25) is 0 Å². The van der Waals surface area contributed by atoms with E-state index in [2.05, 4.69) is 19.2 Å². The van der Waals surface area contributed by atoms with Crippen LogP contribution in [0.5, 0.6) is 0 Å². The van der Waals surface area contributed by atoms with E-state index < -0.39 is 5.41 Å². The van der Waals surface area contributed by atoms with Crippen molar-refractivity contribution in [1.82, 2.24) is 10.2 Å². The largest absolute Gasteiger partial charge is 0.315 e. The normalized spacial score (nSPS) is 20.6. The Balaban J connectivity index is 2.28. The first-order valence-corrected chi connectivity index (χ1v) is 6.96. The summed E-state index contributed by atoms with van der Waals surface area (Å²) in [6.45, 7) is 9.53. The summed E-state index contributed by atoms with van der Waals surface area (Å²) < 4.78 is 0. The molecule has 1 fully saturated rings. The number of amides is 2. The van der Waals surface area contributed by atoms with E-state index >= 15 is 0 Å². The Kier molecular flexibility index (Phi) is 5.32. The highest BCUT2D eigenvalue weighted by atomic mass is 16.2. The third-order valence-electron chi connectivity index (χ3n) is 3.54. The van der Waals surface area contributed by atoms with Gasteiger partial charge in [0.1, 0.15) is 0 Å². The lowest BCUT2D eigenvalue weighted by Gasteiger charge is -2.18. The molecular formula is C14H26N2O2. The van der Waals surface area contributed by atoms with Crippen molar-refractivity contribution < 1.29 is 9.59 Å². The Morgan fingerprint density at radius 2 is 2.00 bits per heavy atom. The molecule has 1 unspecified atom stereocenters. The molecule has 0 aromatic carbocycles. The zero-order valence-corrected chi connectivity index (χ0v) is 12.1. The molecule has 0 spiro atoms. The van der Waals surface area contributed by atoms with E-state index in [1.165, 1.54) is 4.90 Å². The van der Waals surface area contributed by atoms with Gasteiger partial charge in [0, 0.05) is 19.0 Å². The van der Waals surface area contributed by atoms with E-state index in [4.69, 9.17) is 0 Å². The summed E-state index contributed by atoms with van der Waals surface area (Å²) in [5.74, 6) is -0.0167. The molecule has 1 N–H and O–H groups in total. The van der Waals surface area contributed by atoms with Crippen molar-refractivity contribution >= 4 is 11.8 Å². The average Bonchev–Trinajstić information content (AvgIpc) is 2.45. The van der Waals surface area contributed by atoms with Gasteiger partial charge in [-0.2, -0.15) is 0 Å². The highest BCUT2D eigenvalue weighted by Gasteiger charge is 2.44. The predicted molar refractivity (Wildman–Crippen MR) is 72.1 cm³/mol. The summed E-state index contributed by atoms with van der Waals surface area (Å²) in [6.07, 6.45) is 3.40. The molecule has 1 heterocycles. The van der Waals surface area contributed by atoms with Crippen LogP contribution in [0.25, 0.3) is 0 Å². The van der Waals surface area contributed by atoms with Gasteiger partial charge < -0.3 is 5.32 Å². The number of nitrogens with zero attached hydrogens (tertiary/aromatic N) is 1. The second kappa shape index (κ2) is 6.32. The van der Waals surface area contributed by atoms with Crippen LogP contribution in [0, 0.1) is 5.41 Å². The smallest absolute Gasteiger partial charge is 0.235 e. The van der Waals surface area contributed by atoms with Crippen molar-refractivity contribution in [3.63, 3.8) is 0 Å². The zero-order chi connectivity index (χ0) is 13.8. The molecule has 0 aromatic heterocycles. The fourth-order valence-electron chi connectivity index (χ4n) is 2.42. The summed E-state index contributed by atoms with van der Waals surface area (Å²) >= 11 is 0. The number of likely N-dealkylation sites (tertiary alicyclic amines) is 1. The lowest BCUT2D eigenvalue weighted by atomic mass is 9.92.